The second kappa shape index (κ2) is 8.01. The molecule has 0 radical (unpaired) electrons. The number of hydrogen-bond acceptors (Lipinski definition) is 5. The molecule has 0 saturated carbocycles. The van der Waals surface area contributed by atoms with Crippen LogP contribution in [0.2, 0.25) is 5.02 Å². The number of aromatic nitrogens is 2. The van der Waals surface area contributed by atoms with Crippen LogP contribution in [-0.4, -0.2) is 23.0 Å². The first-order valence-corrected chi connectivity index (χ1v) is 8.35. The van der Waals surface area contributed by atoms with Gasteiger partial charge in [-0.15, -0.1) is 0 Å². The van der Waals surface area contributed by atoms with Crippen LogP contribution in [0, 0.1) is 12.7 Å². The SMILES string of the molecule is COc1ccc(C)cc1Nc1nccc(C(=O)Nc2ccc(F)c(Cl)c2)n1. The molecule has 1 amide bonds. The summed E-state index contributed by atoms with van der Waals surface area (Å²) in [5.74, 6) is -0.168. The fourth-order valence-electron chi connectivity index (χ4n) is 2.35. The monoisotopic (exact) mass is 386 g/mol. The van der Waals surface area contributed by atoms with Gasteiger partial charge in [0.2, 0.25) is 5.95 Å². The van der Waals surface area contributed by atoms with Crippen molar-refractivity contribution in [2.45, 2.75) is 6.92 Å². The Balaban J connectivity index is 1.80. The molecule has 0 spiro atoms. The third kappa shape index (κ3) is 4.51. The Bertz CT molecular complexity index is 997. The molecule has 3 aromatic rings. The first-order valence-electron chi connectivity index (χ1n) is 7.97. The molecule has 8 heteroatoms. The number of aryl methyl sites for hydroxylation is 1. The van der Waals surface area contributed by atoms with Crippen LogP contribution in [0.4, 0.5) is 21.7 Å². The Kier molecular flexibility index (Phi) is 5.52. The minimum absolute atomic E-state index is 0.0793. The molecule has 27 heavy (non-hydrogen) atoms. The second-order valence-electron chi connectivity index (χ2n) is 5.68. The maximum Gasteiger partial charge on any atom is 0.274 e. The number of nitrogens with zero attached hydrogens (tertiary/aromatic N) is 2. The van der Waals surface area contributed by atoms with Crippen molar-refractivity contribution in [1.29, 1.82) is 0 Å². The molecule has 0 fully saturated rings. The van der Waals surface area contributed by atoms with Crippen molar-refractivity contribution in [3.8, 4) is 5.75 Å². The molecule has 0 atom stereocenters. The predicted octanol–water partition coefficient (Wildman–Crippen LogP) is 4.58. The quantitative estimate of drug-likeness (QED) is 0.671. The standard InChI is InChI=1S/C19H16ClFN4O2/c1-11-3-6-17(27-2)16(9-11)25-19-22-8-7-15(24-19)18(26)23-12-4-5-14(21)13(20)10-12/h3-10H,1-2H3,(H,23,26)(H,22,24,25). The normalized spacial score (nSPS) is 10.4. The third-order valence-corrected chi connectivity index (χ3v) is 3.96. The number of anilines is 3. The molecule has 0 saturated heterocycles. The van der Waals surface area contributed by atoms with Crippen molar-refractivity contribution in [3.05, 3.63) is 70.8 Å². The van der Waals surface area contributed by atoms with Gasteiger partial charge in [-0.1, -0.05) is 17.7 Å². The molecule has 0 aliphatic rings. The molecular formula is C19H16ClFN4O2. The summed E-state index contributed by atoms with van der Waals surface area (Å²) in [4.78, 5) is 20.7. The highest BCUT2D eigenvalue weighted by molar-refractivity contribution is 6.31. The van der Waals surface area contributed by atoms with Gasteiger partial charge in [-0.25, -0.2) is 14.4 Å². The van der Waals surface area contributed by atoms with E-state index in [0.29, 0.717) is 17.1 Å². The zero-order valence-corrected chi connectivity index (χ0v) is 15.3. The summed E-state index contributed by atoms with van der Waals surface area (Å²) in [5, 5.41) is 5.58. The summed E-state index contributed by atoms with van der Waals surface area (Å²) in [6, 6.07) is 11.0. The van der Waals surface area contributed by atoms with Gasteiger partial charge >= 0.3 is 0 Å². The second-order valence-corrected chi connectivity index (χ2v) is 6.08. The highest BCUT2D eigenvalue weighted by Gasteiger charge is 2.12. The van der Waals surface area contributed by atoms with Crippen molar-refractivity contribution < 1.29 is 13.9 Å². The molecule has 138 valence electrons. The summed E-state index contributed by atoms with van der Waals surface area (Å²) in [6.45, 7) is 1.95. The minimum Gasteiger partial charge on any atom is -0.495 e. The molecule has 3 rings (SSSR count). The van der Waals surface area contributed by atoms with E-state index in [1.54, 1.807) is 7.11 Å². The lowest BCUT2D eigenvalue weighted by Crippen LogP contribution is -2.15. The van der Waals surface area contributed by atoms with E-state index in [9.17, 15) is 9.18 Å². The van der Waals surface area contributed by atoms with E-state index in [0.717, 1.165) is 5.56 Å². The molecule has 0 unspecified atom stereocenters. The highest BCUT2D eigenvalue weighted by atomic mass is 35.5. The van der Waals surface area contributed by atoms with Crippen LogP contribution in [0.3, 0.4) is 0 Å². The van der Waals surface area contributed by atoms with Gasteiger partial charge in [0, 0.05) is 11.9 Å². The fraction of sp³-hybridized carbons (Fsp3) is 0.105. The molecule has 0 aliphatic carbocycles. The first kappa shape index (κ1) is 18.6. The number of carbonyl (C=O) groups is 1. The van der Waals surface area contributed by atoms with Crippen molar-refractivity contribution >= 4 is 34.8 Å². The zero-order valence-electron chi connectivity index (χ0n) is 14.6. The molecule has 0 aliphatic heterocycles. The van der Waals surface area contributed by atoms with Crippen molar-refractivity contribution in [1.82, 2.24) is 9.97 Å². The largest absolute Gasteiger partial charge is 0.495 e. The lowest BCUT2D eigenvalue weighted by molar-refractivity contribution is 0.102. The summed E-state index contributed by atoms with van der Waals surface area (Å²) < 4.78 is 18.5. The Morgan fingerprint density at radius 1 is 1.19 bits per heavy atom. The van der Waals surface area contributed by atoms with Gasteiger partial charge in [0.05, 0.1) is 17.8 Å². The van der Waals surface area contributed by atoms with E-state index in [1.165, 1.54) is 30.5 Å². The molecule has 2 aromatic carbocycles. The van der Waals surface area contributed by atoms with Crippen LogP contribution in [0.1, 0.15) is 16.1 Å². The summed E-state index contributed by atoms with van der Waals surface area (Å²) in [7, 11) is 1.56. The van der Waals surface area contributed by atoms with Gasteiger partial charge in [0.1, 0.15) is 17.3 Å². The number of methoxy groups -OCH3 is 1. The third-order valence-electron chi connectivity index (χ3n) is 3.67. The lowest BCUT2D eigenvalue weighted by atomic mass is 10.2. The highest BCUT2D eigenvalue weighted by Crippen LogP contribution is 2.27. The molecule has 1 aromatic heterocycles. The number of amides is 1. The Morgan fingerprint density at radius 3 is 2.74 bits per heavy atom. The first-order chi connectivity index (χ1) is 13.0. The Morgan fingerprint density at radius 2 is 2.00 bits per heavy atom. The van der Waals surface area contributed by atoms with Crippen molar-refractivity contribution in [3.63, 3.8) is 0 Å². The van der Waals surface area contributed by atoms with Crippen LogP contribution in [0.15, 0.2) is 48.7 Å². The van der Waals surface area contributed by atoms with E-state index in [1.807, 2.05) is 25.1 Å². The van der Waals surface area contributed by atoms with E-state index in [4.69, 9.17) is 16.3 Å². The van der Waals surface area contributed by atoms with Crippen molar-refractivity contribution in [2.24, 2.45) is 0 Å². The topological polar surface area (TPSA) is 76.1 Å². The van der Waals surface area contributed by atoms with Crippen molar-refractivity contribution in [2.75, 3.05) is 17.7 Å². The number of hydrogen-bond donors (Lipinski definition) is 2. The number of ether oxygens (including phenoxy) is 1. The van der Waals surface area contributed by atoms with Crippen LogP contribution >= 0.6 is 11.6 Å². The Labute approximate surface area is 160 Å². The van der Waals surface area contributed by atoms with Gasteiger partial charge in [-0.2, -0.15) is 0 Å². The summed E-state index contributed by atoms with van der Waals surface area (Å²) in [6.07, 6.45) is 1.46. The number of nitrogens with one attached hydrogen (secondary N) is 2. The maximum absolute atomic E-state index is 13.2. The number of halogens is 2. The van der Waals surface area contributed by atoms with Gasteiger partial charge in [0.15, 0.2) is 0 Å². The minimum atomic E-state index is -0.560. The average Bonchev–Trinajstić information content (AvgIpc) is 2.65. The van der Waals surface area contributed by atoms with Gasteiger partial charge < -0.3 is 15.4 Å². The van der Waals surface area contributed by atoms with Crippen LogP contribution < -0.4 is 15.4 Å². The van der Waals surface area contributed by atoms with Crippen LogP contribution in [0.25, 0.3) is 0 Å². The Hall–Kier alpha value is -3.19. The number of benzene rings is 2. The molecule has 1 heterocycles. The molecule has 0 bridgehead atoms. The lowest BCUT2D eigenvalue weighted by Gasteiger charge is -2.11. The summed E-state index contributed by atoms with van der Waals surface area (Å²) >= 11 is 5.73. The van der Waals surface area contributed by atoms with Crippen LogP contribution in [-0.2, 0) is 0 Å². The average molecular weight is 387 g/mol. The van der Waals surface area contributed by atoms with Gasteiger partial charge in [-0.3, -0.25) is 4.79 Å². The smallest absolute Gasteiger partial charge is 0.274 e. The predicted molar refractivity (Wildman–Crippen MR) is 102 cm³/mol. The van der Waals surface area contributed by atoms with E-state index in [-0.39, 0.29) is 16.7 Å². The number of rotatable bonds is 5. The van der Waals surface area contributed by atoms with E-state index >= 15 is 0 Å². The maximum atomic E-state index is 13.2. The van der Waals surface area contributed by atoms with E-state index < -0.39 is 11.7 Å². The van der Waals surface area contributed by atoms with Gasteiger partial charge in [0.25, 0.3) is 5.91 Å². The molecule has 2 N–H and O–H groups in total. The van der Waals surface area contributed by atoms with E-state index in [2.05, 4.69) is 20.6 Å². The van der Waals surface area contributed by atoms with Crippen LogP contribution in [0.5, 0.6) is 5.75 Å². The van der Waals surface area contributed by atoms with Gasteiger partial charge in [-0.05, 0) is 48.9 Å². The number of carbonyl (C=O) groups excluding carboxylic acids is 1. The molecule has 6 nitrogen and oxygen atoms in total. The fourth-order valence-corrected chi connectivity index (χ4v) is 2.53. The molecular weight excluding hydrogens is 371 g/mol. The summed E-state index contributed by atoms with van der Waals surface area (Å²) in [5.41, 5.74) is 2.21. The zero-order chi connectivity index (χ0) is 19.4.